The number of piperazine rings is 1. The maximum absolute atomic E-state index is 8.65. The van der Waals surface area contributed by atoms with Crippen LogP contribution in [0.25, 0.3) is 0 Å². The SMILES string of the molecule is [CH2]CN1CCN(CCCO)CC1. The van der Waals surface area contributed by atoms with Crippen molar-refractivity contribution in [1.82, 2.24) is 9.80 Å². The molecule has 0 aromatic carbocycles. The Kier molecular flexibility index (Phi) is 4.58. The van der Waals surface area contributed by atoms with Crippen molar-refractivity contribution in [3.05, 3.63) is 6.92 Å². The zero-order valence-corrected chi connectivity index (χ0v) is 7.71. The van der Waals surface area contributed by atoms with Gasteiger partial charge >= 0.3 is 0 Å². The van der Waals surface area contributed by atoms with Crippen LogP contribution < -0.4 is 0 Å². The summed E-state index contributed by atoms with van der Waals surface area (Å²) in [7, 11) is 0. The highest BCUT2D eigenvalue weighted by Gasteiger charge is 2.13. The highest BCUT2D eigenvalue weighted by atomic mass is 16.3. The molecule has 1 heterocycles. The standard InChI is InChI=1S/C9H19N2O/c1-2-10-5-7-11(8-6-10)4-3-9-12/h12H,1-9H2. The van der Waals surface area contributed by atoms with Crippen molar-refractivity contribution in [2.24, 2.45) is 0 Å². The molecule has 71 valence electrons. The van der Waals surface area contributed by atoms with Crippen molar-refractivity contribution in [2.75, 3.05) is 45.9 Å². The molecule has 0 amide bonds. The van der Waals surface area contributed by atoms with Gasteiger partial charge in [-0.25, -0.2) is 0 Å². The molecular formula is C9H19N2O. The fourth-order valence-electron chi connectivity index (χ4n) is 1.53. The molecule has 1 rings (SSSR count). The number of aliphatic hydroxyl groups is 1. The molecule has 0 atom stereocenters. The molecule has 1 aliphatic rings. The Labute approximate surface area is 75.0 Å². The Morgan fingerprint density at radius 2 is 1.67 bits per heavy atom. The molecule has 0 aromatic heterocycles. The Hall–Kier alpha value is -0.120. The van der Waals surface area contributed by atoms with E-state index in [1.807, 2.05) is 0 Å². The third-order valence-corrected chi connectivity index (χ3v) is 2.41. The Morgan fingerprint density at radius 1 is 1.08 bits per heavy atom. The van der Waals surface area contributed by atoms with Crippen LogP contribution in [0.1, 0.15) is 6.42 Å². The average molecular weight is 171 g/mol. The Balaban J connectivity index is 2.09. The van der Waals surface area contributed by atoms with Crippen molar-refractivity contribution in [3.63, 3.8) is 0 Å². The normalized spacial score (nSPS) is 21.5. The van der Waals surface area contributed by atoms with Crippen molar-refractivity contribution < 1.29 is 5.11 Å². The third kappa shape index (κ3) is 3.09. The van der Waals surface area contributed by atoms with E-state index in [9.17, 15) is 0 Å². The van der Waals surface area contributed by atoms with Gasteiger partial charge in [-0.2, -0.15) is 0 Å². The molecule has 1 aliphatic heterocycles. The van der Waals surface area contributed by atoms with Gasteiger partial charge in [0.2, 0.25) is 0 Å². The van der Waals surface area contributed by atoms with Crippen LogP contribution in [0.15, 0.2) is 0 Å². The predicted octanol–water partition coefficient (Wildman–Crippen LogP) is -0.180. The second-order valence-corrected chi connectivity index (χ2v) is 3.26. The van der Waals surface area contributed by atoms with Gasteiger partial charge in [0.25, 0.3) is 0 Å². The molecule has 3 nitrogen and oxygen atoms in total. The molecule has 0 saturated carbocycles. The van der Waals surface area contributed by atoms with Crippen LogP contribution >= 0.6 is 0 Å². The highest BCUT2D eigenvalue weighted by Crippen LogP contribution is 2.00. The number of hydrogen-bond donors (Lipinski definition) is 1. The van der Waals surface area contributed by atoms with E-state index in [0.717, 1.165) is 45.7 Å². The monoisotopic (exact) mass is 171 g/mol. The van der Waals surface area contributed by atoms with Crippen LogP contribution in [0.3, 0.4) is 0 Å². The zero-order valence-electron chi connectivity index (χ0n) is 7.71. The molecule has 3 heteroatoms. The summed E-state index contributed by atoms with van der Waals surface area (Å²) in [6.45, 7) is 10.7. The Morgan fingerprint density at radius 3 is 2.17 bits per heavy atom. The smallest absolute Gasteiger partial charge is 0.0443 e. The van der Waals surface area contributed by atoms with E-state index in [1.54, 1.807) is 0 Å². The number of aliphatic hydroxyl groups excluding tert-OH is 1. The molecule has 1 radical (unpaired) electrons. The third-order valence-electron chi connectivity index (χ3n) is 2.41. The van der Waals surface area contributed by atoms with Crippen LogP contribution in [0.2, 0.25) is 0 Å². The molecule has 0 aromatic rings. The van der Waals surface area contributed by atoms with Gasteiger partial charge in [0.05, 0.1) is 0 Å². The van der Waals surface area contributed by atoms with Crippen LogP contribution in [-0.2, 0) is 0 Å². The first-order valence-corrected chi connectivity index (χ1v) is 4.71. The summed E-state index contributed by atoms with van der Waals surface area (Å²) in [5.41, 5.74) is 0. The van der Waals surface area contributed by atoms with Crippen LogP contribution in [-0.4, -0.2) is 60.8 Å². The highest BCUT2D eigenvalue weighted by molar-refractivity contribution is 4.71. The maximum atomic E-state index is 8.65. The summed E-state index contributed by atoms with van der Waals surface area (Å²) in [4.78, 5) is 4.76. The molecule has 0 spiro atoms. The summed E-state index contributed by atoms with van der Waals surface area (Å²) < 4.78 is 0. The van der Waals surface area contributed by atoms with E-state index in [1.165, 1.54) is 0 Å². The van der Waals surface area contributed by atoms with Gasteiger partial charge in [0.1, 0.15) is 0 Å². The zero-order chi connectivity index (χ0) is 8.81. The summed E-state index contributed by atoms with van der Waals surface area (Å²) in [5.74, 6) is 0. The van der Waals surface area contributed by atoms with Gasteiger partial charge in [-0.05, 0) is 19.9 Å². The first kappa shape index (κ1) is 9.96. The van der Waals surface area contributed by atoms with Crippen molar-refractivity contribution in [1.29, 1.82) is 0 Å². The lowest BCUT2D eigenvalue weighted by Crippen LogP contribution is -2.46. The van der Waals surface area contributed by atoms with Crippen LogP contribution in [0.5, 0.6) is 0 Å². The van der Waals surface area contributed by atoms with Gasteiger partial charge in [-0.3, -0.25) is 0 Å². The van der Waals surface area contributed by atoms with Crippen molar-refractivity contribution in [2.45, 2.75) is 6.42 Å². The van der Waals surface area contributed by atoms with Gasteiger partial charge in [0.15, 0.2) is 0 Å². The van der Waals surface area contributed by atoms with E-state index in [4.69, 9.17) is 5.11 Å². The quantitative estimate of drug-likeness (QED) is 0.635. The van der Waals surface area contributed by atoms with Gasteiger partial charge in [-0.1, -0.05) is 0 Å². The molecule has 1 N–H and O–H groups in total. The minimum Gasteiger partial charge on any atom is -0.396 e. The number of rotatable bonds is 4. The summed E-state index contributed by atoms with van der Waals surface area (Å²) in [6, 6.07) is 0. The van der Waals surface area contributed by atoms with Crippen LogP contribution in [0, 0.1) is 6.92 Å². The molecule has 0 unspecified atom stereocenters. The lowest BCUT2D eigenvalue weighted by atomic mass is 10.3. The minimum atomic E-state index is 0.315. The molecule has 0 aliphatic carbocycles. The second kappa shape index (κ2) is 5.51. The van der Waals surface area contributed by atoms with Gasteiger partial charge in [0, 0.05) is 39.3 Å². The lowest BCUT2D eigenvalue weighted by Gasteiger charge is -2.33. The minimum absolute atomic E-state index is 0.315. The molecule has 1 fully saturated rings. The second-order valence-electron chi connectivity index (χ2n) is 3.26. The van der Waals surface area contributed by atoms with Gasteiger partial charge in [-0.15, -0.1) is 0 Å². The van der Waals surface area contributed by atoms with Gasteiger partial charge < -0.3 is 14.9 Å². The van der Waals surface area contributed by atoms with E-state index in [2.05, 4.69) is 16.7 Å². The first-order valence-electron chi connectivity index (χ1n) is 4.71. The number of nitrogens with zero attached hydrogens (tertiary/aromatic N) is 2. The topological polar surface area (TPSA) is 26.7 Å². The number of hydrogen-bond acceptors (Lipinski definition) is 3. The van der Waals surface area contributed by atoms with Crippen molar-refractivity contribution in [3.8, 4) is 0 Å². The van der Waals surface area contributed by atoms with Crippen LogP contribution in [0.4, 0.5) is 0 Å². The molecule has 1 saturated heterocycles. The maximum Gasteiger partial charge on any atom is 0.0443 e. The van der Waals surface area contributed by atoms with Crippen molar-refractivity contribution >= 4 is 0 Å². The fourth-order valence-corrected chi connectivity index (χ4v) is 1.53. The predicted molar refractivity (Wildman–Crippen MR) is 49.9 cm³/mol. The summed E-state index contributed by atoms with van der Waals surface area (Å²) in [5, 5.41) is 8.65. The largest absolute Gasteiger partial charge is 0.396 e. The summed E-state index contributed by atoms with van der Waals surface area (Å²) >= 11 is 0. The van der Waals surface area contributed by atoms with E-state index >= 15 is 0 Å². The molecular weight excluding hydrogens is 152 g/mol. The Bertz CT molecular complexity index is 111. The summed E-state index contributed by atoms with van der Waals surface area (Å²) in [6.07, 6.45) is 0.907. The van der Waals surface area contributed by atoms with E-state index in [-0.39, 0.29) is 0 Å². The first-order chi connectivity index (χ1) is 5.86. The molecule has 12 heavy (non-hydrogen) atoms. The van der Waals surface area contributed by atoms with E-state index in [0.29, 0.717) is 6.61 Å². The average Bonchev–Trinajstić information content (AvgIpc) is 2.15. The molecule has 0 bridgehead atoms. The van der Waals surface area contributed by atoms with E-state index < -0.39 is 0 Å². The fraction of sp³-hybridized carbons (Fsp3) is 0.889. The lowest BCUT2D eigenvalue weighted by molar-refractivity contribution is 0.133.